The lowest BCUT2D eigenvalue weighted by molar-refractivity contribution is -0.131. The molecule has 1 aliphatic rings. The number of carbonyl (C=O) groups is 3. The zero-order valence-electron chi connectivity index (χ0n) is 14.9. The number of rotatable bonds is 5. The topological polar surface area (TPSA) is 91.0 Å². The molecule has 1 fully saturated rings. The molecular weight excluding hydrogens is 360 g/mol. The van der Waals surface area contributed by atoms with Crippen LogP contribution >= 0.6 is 11.6 Å². The van der Waals surface area contributed by atoms with Gasteiger partial charge in [-0.15, -0.1) is 0 Å². The van der Waals surface area contributed by atoms with Crippen molar-refractivity contribution >= 4 is 35.1 Å². The van der Waals surface area contributed by atoms with Gasteiger partial charge in [0.15, 0.2) is 0 Å². The molecule has 0 unspecified atom stereocenters. The second-order valence-electron chi connectivity index (χ2n) is 5.87. The summed E-state index contributed by atoms with van der Waals surface area (Å²) < 4.78 is 5.24. The minimum Gasteiger partial charge on any atom is -0.495 e. The number of amides is 4. The fourth-order valence-electron chi connectivity index (χ4n) is 2.70. The molecule has 0 aromatic heterocycles. The van der Waals surface area contributed by atoms with E-state index in [1.165, 1.54) is 6.92 Å². The molecule has 0 radical (unpaired) electrons. The largest absolute Gasteiger partial charge is 0.495 e. The third kappa shape index (κ3) is 5.52. The van der Waals surface area contributed by atoms with E-state index in [4.69, 9.17) is 16.3 Å². The summed E-state index contributed by atoms with van der Waals surface area (Å²) in [6, 6.07) is 5.02. The Balaban J connectivity index is 1.78. The van der Waals surface area contributed by atoms with Crippen LogP contribution in [0.25, 0.3) is 0 Å². The van der Waals surface area contributed by atoms with Gasteiger partial charge in [-0.3, -0.25) is 14.9 Å². The average molecular weight is 383 g/mol. The first-order valence-electron chi connectivity index (χ1n) is 8.32. The number of hydrogen-bond donors (Lipinski definition) is 2. The van der Waals surface area contributed by atoms with E-state index in [9.17, 15) is 14.4 Å². The molecule has 1 heterocycles. The Morgan fingerprint density at radius 1 is 1.19 bits per heavy atom. The SMILES string of the molecule is COc1cc(N2CCN(C(=O)CCNC(=O)NC(C)=O)CC2)ccc1Cl. The Kier molecular flexibility index (Phi) is 7.08. The lowest BCUT2D eigenvalue weighted by atomic mass is 10.2. The minimum absolute atomic E-state index is 0.0264. The number of benzene rings is 1. The van der Waals surface area contributed by atoms with Crippen molar-refractivity contribution in [1.29, 1.82) is 0 Å². The standard InChI is InChI=1S/C17H23ClN4O4/c1-12(23)20-17(25)19-6-5-16(24)22-9-7-21(8-10-22)13-3-4-14(18)15(11-13)26-2/h3-4,11H,5-10H2,1-2H3,(H2,19,20,23,25). The molecule has 26 heavy (non-hydrogen) atoms. The van der Waals surface area contributed by atoms with E-state index in [1.807, 2.05) is 12.1 Å². The second-order valence-corrected chi connectivity index (χ2v) is 6.28. The molecule has 0 aliphatic carbocycles. The molecule has 1 aliphatic heterocycles. The molecule has 8 nitrogen and oxygen atoms in total. The number of nitrogens with one attached hydrogen (secondary N) is 2. The highest BCUT2D eigenvalue weighted by Crippen LogP contribution is 2.29. The summed E-state index contributed by atoms with van der Waals surface area (Å²) in [5.41, 5.74) is 1.00. The van der Waals surface area contributed by atoms with Crippen molar-refractivity contribution in [2.45, 2.75) is 13.3 Å². The molecular formula is C17H23ClN4O4. The molecule has 2 rings (SSSR count). The van der Waals surface area contributed by atoms with Gasteiger partial charge in [-0.05, 0) is 12.1 Å². The molecule has 9 heteroatoms. The van der Waals surface area contributed by atoms with E-state index in [0.717, 1.165) is 5.69 Å². The monoisotopic (exact) mass is 382 g/mol. The fourth-order valence-corrected chi connectivity index (χ4v) is 2.90. The lowest BCUT2D eigenvalue weighted by Gasteiger charge is -2.36. The molecule has 0 saturated carbocycles. The number of carbonyl (C=O) groups excluding carboxylic acids is 3. The van der Waals surface area contributed by atoms with E-state index in [-0.39, 0.29) is 18.9 Å². The van der Waals surface area contributed by atoms with Crippen LogP contribution in [0.5, 0.6) is 5.75 Å². The number of hydrogen-bond acceptors (Lipinski definition) is 5. The fraction of sp³-hybridized carbons (Fsp3) is 0.471. The van der Waals surface area contributed by atoms with Gasteiger partial charge in [0.25, 0.3) is 0 Å². The maximum atomic E-state index is 12.2. The molecule has 1 aromatic carbocycles. The summed E-state index contributed by atoms with van der Waals surface area (Å²) in [5, 5.41) is 5.14. The minimum atomic E-state index is -0.591. The Labute approximate surface area is 157 Å². The Morgan fingerprint density at radius 3 is 2.50 bits per heavy atom. The highest BCUT2D eigenvalue weighted by Gasteiger charge is 2.21. The molecule has 2 N–H and O–H groups in total. The number of nitrogens with zero attached hydrogens (tertiary/aromatic N) is 2. The molecule has 4 amide bonds. The molecule has 1 aromatic rings. The highest BCUT2D eigenvalue weighted by molar-refractivity contribution is 6.32. The predicted octanol–water partition coefficient (Wildman–Crippen LogP) is 1.23. The number of imide groups is 1. The van der Waals surface area contributed by atoms with E-state index in [2.05, 4.69) is 15.5 Å². The summed E-state index contributed by atoms with van der Waals surface area (Å²) in [6.07, 6.45) is 0.195. The van der Waals surface area contributed by atoms with Crippen molar-refractivity contribution in [3.8, 4) is 5.75 Å². The van der Waals surface area contributed by atoms with E-state index in [0.29, 0.717) is 37.0 Å². The second kappa shape index (κ2) is 9.28. The quantitative estimate of drug-likeness (QED) is 0.799. The Bertz CT molecular complexity index is 675. The van der Waals surface area contributed by atoms with Crippen LogP contribution in [0.3, 0.4) is 0 Å². The van der Waals surface area contributed by atoms with Crippen molar-refractivity contribution < 1.29 is 19.1 Å². The van der Waals surface area contributed by atoms with Gasteiger partial charge in [0.1, 0.15) is 5.75 Å². The van der Waals surface area contributed by atoms with Crippen LogP contribution in [0.4, 0.5) is 10.5 Å². The van der Waals surface area contributed by atoms with Gasteiger partial charge in [-0.25, -0.2) is 4.79 Å². The van der Waals surface area contributed by atoms with Gasteiger partial charge in [0, 0.05) is 57.8 Å². The lowest BCUT2D eigenvalue weighted by Crippen LogP contribution is -2.49. The average Bonchev–Trinajstić information content (AvgIpc) is 2.61. The van der Waals surface area contributed by atoms with E-state index < -0.39 is 11.9 Å². The molecule has 0 atom stereocenters. The normalized spacial score (nSPS) is 14.0. The third-order valence-corrected chi connectivity index (χ3v) is 4.36. The first-order valence-corrected chi connectivity index (χ1v) is 8.70. The van der Waals surface area contributed by atoms with Gasteiger partial charge in [-0.2, -0.15) is 0 Å². The van der Waals surface area contributed by atoms with Crippen LogP contribution < -0.4 is 20.3 Å². The molecule has 142 valence electrons. The number of piperazine rings is 1. The van der Waals surface area contributed by atoms with E-state index in [1.54, 1.807) is 18.1 Å². The van der Waals surface area contributed by atoms with Crippen molar-refractivity contribution in [3.05, 3.63) is 23.2 Å². The number of anilines is 1. The van der Waals surface area contributed by atoms with Crippen molar-refractivity contribution in [2.75, 3.05) is 44.7 Å². The van der Waals surface area contributed by atoms with Crippen LogP contribution in [-0.2, 0) is 9.59 Å². The zero-order chi connectivity index (χ0) is 19.1. The number of ether oxygens (including phenoxy) is 1. The first-order chi connectivity index (χ1) is 12.4. The van der Waals surface area contributed by atoms with Gasteiger partial charge >= 0.3 is 6.03 Å². The third-order valence-electron chi connectivity index (χ3n) is 4.05. The van der Waals surface area contributed by atoms with Crippen LogP contribution in [0.1, 0.15) is 13.3 Å². The van der Waals surface area contributed by atoms with Crippen molar-refractivity contribution in [3.63, 3.8) is 0 Å². The smallest absolute Gasteiger partial charge is 0.321 e. The molecule has 0 spiro atoms. The number of halogens is 1. The Morgan fingerprint density at radius 2 is 1.88 bits per heavy atom. The molecule has 0 bridgehead atoms. The predicted molar refractivity (Wildman–Crippen MR) is 98.6 cm³/mol. The summed E-state index contributed by atoms with van der Waals surface area (Å²) in [5.74, 6) is 0.155. The highest BCUT2D eigenvalue weighted by atomic mass is 35.5. The van der Waals surface area contributed by atoms with Crippen molar-refractivity contribution in [1.82, 2.24) is 15.5 Å². The maximum Gasteiger partial charge on any atom is 0.321 e. The van der Waals surface area contributed by atoms with Gasteiger partial charge in [-0.1, -0.05) is 11.6 Å². The molecule has 1 saturated heterocycles. The Hall–Kier alpha value is -2.48. The number of urea groups is 1. The first kappa shape index (κ1) is 19.8. The summed E-state index contributed by atoms with van der Waals surface area (Å²) in [6.45, 7) is 4.05. The summed E-state index contributed by atoms with van der Waals surface area (Å²) >= 11 is 6.05. The maximum absolute atomic E-state index is 12.2. The number of methoxy groups -OCH3 is 1. The van der Waals surface area contributed by atoms with Gasteiger partial charge in [0.05, 0.1) is 12.1 Å². The zero-order valence-corrected chi connectivity index (χ0v) is 15.6. The van der Waals surface area contributed by atoms with Crippen LogP contribution in [0, 0.1) is 0 Å². The summed E-state index contributed by atoms with van der Waals surface area (Å²) in [4.78, 5) is 38.2. The van der Waals surface area contributed by atoms with Gasteiger partial charge < -0.3 is 19.9 Å². The van der Waals surface area contributed by atoms with E-state index >= 15 is 0 Å². The van der Waals surface area contributed by atoms with Gasteiger partial charge in [0.2, 0.25) is 11.8 Å². The summed E-state index contributed by atoms with van der Waals surface area (Å²) in [7, 11) is 1.58. The van der Waals surface area contributed by atoms with Crippen LogP contribution in [0.15, 0.2) is 18.2 Å². The van der Waals surface area contributed by atoms with Crippen LogP contribution in [0.2, 0.25) is 5.02 Å². The van der Waals surface area contributed by atoms with Crippen LogP contribution in [-0.4, -0.2) is 62.6 Å². The van der Waals surface area contributed by atoms with Crippen molar-refractivity contribution in [2.24, 2.45) is 0 Å².